The van der Waals surface area contributed by atoms with Crippen molar-refractivity contribution in [2.75, 3.05) is 19.6 Å². The normalized spacial score (nSPS) is 18.7. The fourth-order valence-electron chi connectivity index (χ4n) is 2.66. The van der Waals surface area contributed by atoms with Gasteiger partial charge in [0.15, 0.2) is 0 Å². The molecule has 2 rings (SSSR count). The Kier molecular flexibility index (Phi) is 4.84. The van der Waals surface area contributed by atoms with E-state index in [1.807, 2.05) is 0 Å². The number of hydrogen-bond acceptors (Lipinski definition) is 2. The van der Waals surface area contributed by atoms with E-state index < -0.39 is 0 Å². The Labute approximate surface area is 111 Å². The van der Waals surface area contributed by atoms with Gasteiger partial charge in [-0.2, -0.15) is 0 Å². The van der Waals surface area contributed by atoms with Crippen LogP contribution in [0.2, 0.25) is 0 Å². The van der Waals surface area contributed by atoms with Crippen LogP contribution in [-0.2, 0) is 6.54 Å². The predicted molar refractivity (Wildman–Crippen MR) is 76.5 cm³/mol. The van der Waals surface area contributed by atoms with E-state index in [9.17, 15) is 0 Å². The lowest BCUT2D eigenvalue weighted by Gasteiger charge is -2.15. The molecule has 1 atom stereocenters. The van der Waals surface area contributed by atoms with Crippen LogP contribution in [0.1, 0.15) is 44.7 Å². The third-order valence-corrected chi connectivity index (χ3v) is 3.97. The highest BCUT2D eigenvalue weighted by Crippen LogP contribution is 2.19. The quantitative estimate of drug-likeness (QED) is 0.841. The van der Waals surface area contributed by atoms with E-state index in [4.69, 9.17) is 5.73 Å². The van der Waals surface area contributed by atoms with Gasteiger partial charge in [-0.3, -0.25) is 0 Å². The Hall–Kier alpha value is -0.800. The van der Waals surface area contributed by atoms with Gasteiger partial charge < -0.3 is 15.2 Å². The molecule has 0 radical (unpaired) electrons. The molecule has 0 amide bonds. The average molecular weight is 249 g/mol. The van der Waals surface area contributed by atoms with Gasteiger partial charge in [-0.15, -0.1) is 0 Å². The van der Waals surface area contributed by atoms with E-state index in [-0.39, 0.29) is 6.04 Å². The van der Waals surface area contributed by atoms with E-state index in [1.165, 1.54) is 44.5 Å². The van der Waals surface area contributed by atoms with E-state index >= 15 is 0 Å². The zero-order valence-corrected chi connectivity index (χ0v) is 11.8. The minimum atomic E-state index is 0.171. The summed E-state index contributed by atoms with van der Waals surface area (Å²) >= 11 is 0. The number of nitrogens with two attached hydrogens (primary N) is 1. The molecule has 1 aliphatic rings. The first kappa shape index (κ1) is 13.6. The Balaban J connectivity index is 1.76. The summed E-state index contributed by atoms with van der Waals surface area (Å²) in [5.41, 5.74) is 7.43. The smallest absolute Gasteiger partial charge is 0.0333 e. The summed E-state index contributed by atoms with van der Waals surface area (Å²) in [6.45, 7) is 9.31. The lowest BCUT2D eigenvalue weighted by molar-refractivity contribution is 0.325. The summed E-state index contributed by atoms with van der Waals surface area (Å²) in [4.78, 5) is 2.57. The van der Waals surface area contributed by atoms with Crippen molar-refractivity contribution >= 4 is 0 Å². The molecule has 3 heteroatoms. The molecule has 3 nitrogen and oxygen atoms in total. The lowest BCUT2D eigenvalue weighted by atomic mass is 10.00. The van der Waals surface area contributed by atoms with Gasteiger partial charge in [-0.1, -0.05) is 13.8 Å². The number of aryl methyl sites for hydroxylation is 1. The fourth-order valence-corrected chi connectivity index (χ4v) is 2.66. The van der Waals surface area contributed by atoms with Crippen LogP contribution in [0, 0.1) is 5.92 Å². The maximum absolute atomic E-state index is 6.16. The SMILES string of the molecule is CC(C)C(N)c1ccn(CCCN2CCCC2)c1. The molecule has 0 bridgehead atoms. The third-order valence-electron chi connectivity index (χ3n) is 3.97. The van der Waals surface area contributed by atoms with Crippen molar-refractivity contribution in [2.24, 2.45) is 11.7 Å². The van der Waals surface area contributed by atoms with E-state index in [0.717, 1.165) is 6.54 Å². The Morgan fingerprint density at radius 3 is 2.61 bits per heavy atom. The highest BCUT2D eigenvalue weighted by Gasteiger charge is 2.12. The Bertz CT molecular complexity index is 350. The maximum atomic E-state index is 6.16. The molecule has 1 aromatic rings. The van der Waals surface area contributed by atoms with Crippen LogP contribution < -0.4 is 5.73 Å². The molecule has 18 heavy (non-hydrogen) atoms. The monoisotopic (exact) mass is 249 g/mol. The molecule has 1 aliphatic heterocycles. The Morgan fingerprint density at radius 2 is 1.94 bits per heavy atom. The molecule has 0 spiro atoms. The van der Waals surface area contributed by atoms with Crippen molar-refractivity contribution in [3.8, 4) is 0 Å². The summed E-state index contributed by atoms with van der Waals surface area (Å²) in [6, 6.07) is 2.34. The summed E-state index contributed by atoms with van der Waals surface area (Å²) in [7, 11) is 0. The molecule has 1 unspecified atom stereocenters. The largest absolute Gasteiger partial charge is 0.354 e. The van der Waals surface area contributed by atoms with Crippen molar-refractivity contribution in [2.45, 2.75) is 45.7 Å². The second-order valence-corrected chi connectivity index (χ2v) is 5.85. The van der Waals surface area contributed by atoms with Gasteiger partial charge in [0.05, 0.1) is 0 Å². The molecule has 0 saturated carbocycles. The van der Waals surface area contributed by atoms with E-state index in [0.29, 0.717) is 5.92 Å². The number of aromatic nitrogens is 1. The van der Waals surface area contributed by atoms with Gasteiger partial charge in [0, 0.05) is 25.0 Å². The fraction of sp³-hybridized carbons (Fsp3) is 0.733. The minimum absolute atomic E-state index is 0.171. The van der Waals surface area contributed by atoms with Crippen molar-refractivity contribution in [3.05, 3.63) is 24.0 Å². The maximum Gasteiger partial charge on any atom is 0.0333 e. The van der Waals surface area contributed by atoms with Crippen LogP contribution in [0.5, 0.6) is 0 Å². The van der Waals surface area contributed by atoms with Gasteiger partial charge >= 0.3 is 0 Å². The van der Waals surface area contributed by atoms with Crippen LogP contribution in [0.3, 0.4) is 0 Å². The number of likely N-dealkylation sites (tertiary alicyclic amines) is 1. The predicted octanol–water partition coefficient (Wildman–Crippen LogP) is 2.63. The van der Waals surface area contributed by atoms with E-state index in [2.05, 4.69) is 41.8 Å². The highest BCUT2D eigenvalue weighted by atomic mass is 15.1. The molecule has 1 saturated heterocycles. The summed E-state index contributed by atoms with van der Waals surface area (Å²) in [5, 5.41) is 0. The van der Waals surface area contributed by atoms with Crippen LogP contribution in [-0.4, -0.2) is 29.1 Å². The van der Waals surface area contributed by atoms with Gasteiger partial charge in [0.25, 0.3) is 0 Å². The topological polar surface area (TPSA) is 34.2 Å². The molecular formula is C15H27N3. The van der Waals surface area contributed by atoms with Crippen molar-refractivity contribution < 1.29 is 0 Å². The summed E-state index contributed by atoms with van der Waals surface area (Å²) < 4.78 is 2.29. The van der Waals surface area contributed by atoms with Crippen LogP contribution >= 0.6 is 0 Å². The van der Waals surface area contributed by atoms with Gasteiger partial charge in [-0.25, -0.2) is 0 Å². The first-order valence-corrected chi connectivity index (χ1v) is 7.30. The molecule has 102 valence electrons. The molecule has 2 heterocycles. The van der Waals surface area contributed by atoms with Gasteiger partial charge in [0.1, 0.15) is 0 Å². The number of nitrogens with zero attached hydrogens (tertiary/aromatic N) is 2. The third kappa shape index (κ3) is 3.59. The molecule has 2 N–H and O–H groups in total. The molecule has 1 aromatic heterocycles. The molecule has 0 aliphatic carbocycles. The summed E-state index contributed by atoms with van der Waals surface area (Å²) in [5.74, 6) is 0.505. The number of rotatable bonds is 6. The van der Waals surface area contributed by atoms with Crippen molar-refractivity contribution in [1.29, 1.82) is 0 Å². The zero-order valence-electron chi connectivity index (χ0n) is 11.8. The van der Waals surface area contributed by atoms with Crippen molar-refractivity contribution in [1.82, 2.24) is 9.47 Å². The van der Waals surface area contributed by atoms with Gasteiger partial charge in [0.2, 0.25) is 0 Å². The van der Waals surface area contributed by atoms with Gasteiger partial charge in [-0.05, 0) is 56.4 Å². The van der Waals surface area contributed by atoms with Crippen LogP contribution in [0.4, 0.5) is 0 Å². The lowest BCUT2D eigenvalue weighted by Crippen LogP contribution is -2.21. The zero-order chi connectivity index (χ0) is 13.0. The average Bonchev–Trinajstić information content (AvgIpc) is 2.99. The van der Waals surface area contributed by atoms with E-state index in [1.54, 1.807) is 0 Å². The Morgan fingerprint density at radius 1 is 1.22 bits per heavy atom. The minimum Gasteiger partial charge on any atom is -0.354 e. The van der Waals surface area contributed by atoms with Crippen LogP contribution in [0.15, 0.2) is 18.5 Å². The first-order chi connectivity index (χ1) is 8.66. The highest BCUT2D eigenvalue weighted by molar-refractivity contribution is 5.15. The second-order valence-electron chi connectivity index (χ2n) is 5.85. The molecule has 0 aromatic carbocycles. The molecule has 1 fully saturated rings. The van der Waals surface area contributed by atoms with Crippen molar-refractivity contribution in [3.63, 3.8) is 0 Å². The first-order valence-electron chi connectivity index (χ1n) is 7.30. The number of hydrogen-bond donors (Lipinski definition) is 1. The second kappa shape index (κ2) is 6.39. The molecular weight excluding hydrogens is 222 g/mol. The van der Waals surface area contributed by atoms with Crippen LogP contribution in [0.25, 0.3) is 0 Å². The standard InChI is InChI=1S/C15H27N3/c1-13(2)15(16)14-6-11-18(12-14)10-5-9-17-7-3-4-8-17/h6,11-13,15H,3-5,7-10,16H2,1-2H3. The summed E-state index contributed by atoms with van der Waals surface area (Å²) in [6.07, 6.45) is 8.40.